The van der Waals surface area contributed by atoms with Crippen LogP contribution in [0.15, 0.2) is 12.4 Å². The summed E-state index contributed by atoms with van der Waals surface area (Å²) in [4.78, 5) is 2.91. The monoisotopic (exact) mass is 159 g/mol. The molecule has 0 saturated carbocycles. The molecule has 1 aromatic heterocycles. The summed E-state index contributed by atoms with van der Waals surface area (Å²) in [7, 11) is 3.33. The van der Waals surface area contributed by atoms with Gasteiger partial charge in [0.1, 0.15) is 19.1 Å². The standard InChI is InChI=1S/C7H11FN2O/c1-10-4-3-9-7(10)6(5-8)11-2/h3-4,6H,5H2,1-2H3/p+1. The van der Waals surface area contributed by atoms with Gasteiger partial charge in [0.15, 0.2) is 6.10 Å². The lowest BCUT2D eigenvalue weighted by Crippen LogP contribution is -2.33. The van der Waals surface area contributed by atoms with Crippen molar-refractivity contribution in [3.05, 3.63) is 18.2 Å². The molecule has 0 spiro atoms. The van der Waals surface area contributed by atoms with Gasteiger partial charge in [-0.2, -0.15) is 0 Å². The molecule has 0 bridgehead atoms. The predicted octanol–water partition coefficient (Wildman–Crippen LogP) is 0.496. The van der Waals surface area contributed by atoms with Gasteiger partial charge in [-0.3, -0.25) is 0 Å². The Morgan fingerprint density at radius 1 is 1.82 bits per heavy atom. The zero-order chi connectivity index (χ0) is 8.27. The summed E-state index contributed by atoms with van der Waals surface area (Å²) < 4.78 is 18.9. The van der Waals surface area contributed by atoms with E-state index < -0.39 is 12.8 Å². The van der Waals surface area contributed by atoms with E-state index in [-0.39, 0.29) is 0 Å². The molecule has 1 heterocycles. The third kappa shape index (κ3) is 1.57. The molecule has 0 amide bonds. The van der Waals surface area contributed by atoms with E-state index in [0.717, 1.165) is 5.82 Å². The molecule has 1 unspecified atom stereocenters. The maximum atomic E-state index is 12.2. The fraction of sp³-hybridized carbons (Fsp3) is 0.571. The second kappa shape index (κ2) is 3.48. The molecule has 0 aromatic carbocycles. The van der Waals surface area contributed by atoms with Crippen LogP contribution in [0, 0.1) is 0 Å². The van der Waals surface area contributed by atoms with E-state index in [2.05, 4.69) is 4.98 Å². The molecular formula is C7H12FN2O+. The van der Waals surface area contributed by atoms with Gasteiger partial charge in [0.05, 0.1) is 7.05 Å². The largest absolute Gasteiger partial charge is 0.366 e. The van der Waals surface area contributed by atoms with Crippen molar-refractivity contribution >= 4 is 0 Å². The van der Waals surface area contributed by atoms with Gasteiger partial charge in [0.2, 0.25) is 0 Å². The number of alkyl halides is 1. The van der Waals surface area contributed by atoms with Crippen LogP contribution < -0.4 is 4.57 Å². The van der Waals surface area contributed by atoms with Crippen LogP contribution in [0.25, 0.3) is 0 Å². The fourth-order valence-corrected chi connectivity index (χ4v) is 0.984. The first-order valence-corrected chi connectivity index (χ1v) is 3.41. The summed E-state index contributed by atoms with van der Waals surface area (Å²) in [6.45, 7) is -0.509. The van der Waals surface area contributed by atoms with Crippen molar-refractivity contribution < 1.29 is 13.7 Å². The number of hydrogen-bond acceptors (Lipinski definition) is 1. The van der Waals surface area contributed by atoms with Gasteiger partial charge in [-0.25, -0.2) is 13.9 Å². The number of nitrogens with one attached hydrogen (secondary N) is 1. The minimum absolute atomic E-state index is 0.477. The number of ether oxygens (including phenoxy) is 1. The number of nitrogens with zero attached hydrogens (tertiary/aromatic N) is 1. The quantitative estimate of drug-likeness (QED) is 0.639. The lowest BCUT2D eigenvalue weighted by Gasteiger charge is -2.04. The molecule has 0 aliphatic carbocycles. The maximum absolute atomic E-state index is 12.2. The lowest BCUT2D eigenvalue weighted by molar-refractivity contribution is -0.681. The molecule has 62 valence electrons. The molecule has 1 N–H and O–H groups in total. The van der Waals surface area contributed by atoms with E-state index in [0.29, 0.717) is 0 Å². The average molecular weight is 159 g/mol. The Morgan fingerprint density at radius 3 is 2.91 bits per heavy atom. The van der Waals surface area contributed by atoms with E-state index in [1.807, 2.05) is 13.2 Å². The van der Waals surface area contributed by atoms with Gasteiger partial charge >= 0.3 is 0 Å². The number of H-pyrrole nitrogens is 1. The first kappa shape index (κ1) is 8.20. The third-order valence-corrected chi connectivity index (χ3v) is 1.64. The summed E-state index contributed by atoms with van der Waals surface area (Å²) in [6.07, 6.45) is 3.09. The zero-order valence-electron chi connectivity index (χ0n) is 6.67. The third-order valence-electron chi connectivity index (χ3n) is 1.64. The highest BCUT2D eigenvalue weighted by atomic mass is 19.1. The average Bonchev–Trinajstić information content (AvgIpc) is 2.40. The number of aryl methyl sites for hydroxylation is 1. The van der Waals surface area contributed by atoms with Gasteiger partial charge in [0.25, 0.3) is 5.82 Å². The lowest BCUT2D eigenvalue weighted by atomic mass is 10.4. The molecular weight excluding hydrogens is 147 g/mol. The molecule has 1 aromatic rings. The SMILES string of the molecule is COC(CF)c1[nH]cc[n+]1C. The van der Waals surface area contributed by atoms with Crippen molar-refractivity contribution in [2.24, 2.45) is 7.05 Å². The van der Waals surface area contributed by atoms with Crippen molar-refractivity contribution in [3.63, 3.8) is 0 Å². The summed E-state index contributed by atoms with van der Waals surface area (Å²) >= 11 is 0. The second-order valence-electron chi connectivity index (χ2n) is 2.33. The Hall–Kier alpha value is -0.900. The van der Waals surface area contributed by atoms with Gasteiger partial charge in [-0.1, -0.05) is 0 Å². The molecule has 11 heavy (non-hydrogen) atoms. The van der Waals surface area contributed by atoms with E-state index >= 15 is 0 Å². The number of imidazole rings is 1. The number of aromatic nitrogens is 2. The van der Waals surface area contributed by atoms with Crippen molar-refractivity contribution in [1.29, 1.82) is 0 Å². The number of hydrogen-bond donors (Lipinski definition) is 1. The molecule has 0 fully saturated rings. The van der Waals surface area contributed by atoms with E-state index in [4.69, 9.17) is 4.74 Å². The van der Waals surface area contributed by atoms with Crippen molar-refractivity contribution in [3.8, 4) is 0 Å². The topological polar surface area (TPSA) is 28.9 Å². The molecule has 0 saturated heterocycles. The maximum Gasteiger partial charge on any atom is 0.286 e. The van der Waals surface area contributed by atoms with Crippen LogP contribution in [0.5, 0.6) is 0 Å². The Labute approximate surface area is 64.8 Å². The highest BCUT2D eigenvalue weighted by molar-refractivity contribution is 4.83. The van der Waals surface area contributed by atoms with Crippen molar-refractivity contribution in [2.45, 2.75) is 6.10 Å². The van der Waals surface area contributed by atoms with Crippen LogP contribution in [0.1, 0.15) is 11.9 Å². The Bertz CT molecular complexity index is 220. The minimum Gasteiger partial charge on any atom is -0.366 e. The number of aromatic amines is 1. The van der Waals surface area contributed by atoms with Crippen LogP contribution in [-0.4, -0.2) is 18.8 Å². The molecule has 0 aliphatic heterocycles. The van der Waals surface area contributed by atoms with E-state index in [1.165, 1.54) is 7.11 Å². The van der Waals surface area contributed by atoms with Crippen LogP contribution in [0.4, 0.5) is 4.39 Å². The van der Waals surface area contributed by atoms with Crippen LogP contribution in [0.3, 0.4) is 0 Å². The van der Waals surface area contributed by atoms with Crippen molar-refractivity contribution in [2.75, 3.05) is 13.8 Å². The number of rotatable bonds is 3. The van der Waals surface area contributed by atoms with Crippen LogP contribution in [-0.2, 0) is 11.8 Å². The Kier molecular flexibility index (Phi) is 2.59. The van der Waals surface area contributed by atoms with Gasteiger partial charge in [0, 0.05) is 7.11 Å². The van der Waals surface area contributed by atoms with Crippen LogP contribution >= 0.6 is 0 Å². The minimum atomic E-state index is -0.509. The molecule has 0 radical (unpaired) electrons. The molecule has 1 rings (SSSR count). The molecule has 1 atom stereocenters. The predicted molar refractivity (Wildman–Crippen MR) is 37.7 cm³/mol. The van der Waals surface area contributed by atoms with E-state index in [1.54, 1.807) is 10.8 Å². The number of methoxy groups -OCH3 is 1. The zero-order valence-corrected chi connectivity index (χ0v) is 6.67. The van der Waals surface area contributed by atoms with Gasteiger partial charge in [-0.15, -0.1) is 0 Å². The summed E-state index contributed by atoms with van der Waals surface area (Å²) in [5.74, 6) is 0.745. The smallest absolute Gasteiger partial charge is 0.286 e. The Balaban J connectivity index is 2.81. The van der Waals surface area contributed by atoms with Crippen LogP contribution in [0.2, 0.25) is 0 Å². The summed E-state index contributed by atoms with van der Waals surface area (Å²) in [5, 5.41) is 0. The molecule has 0 aliphatic rings. The normalized spacial score (nSPS) is 13.4. The Morgan fingerprint density at radius 2 is 2.55 bits per heavy atom. The highest BCUT2D eigenvalue weighted by Gasteiger charge is 2.20. The first-order valence-electron chi connectivity index (χ1n) is 3.41. The molecule has 4 heteroatoms. The summed E-state index contributed by atoms with van der Waals surface area (Å²) in [5.41, 5.74) is 0. The summed E-state index contributed by atoms with van der Waals surface area (Å²) in [6, 6.07) is 0. The first-order chi connectivity index (χ1) is 5.29. The second-order valence-corrected chi connectivity index (χ2v) is 2.33. The number of halogens is 1. The molecule has 3 nitrogen and oxygen atoms in total. The highest BCUT2D eigenvalue weighted by Crippen LogP contribution is 2.09. The van der Waals surface area contributed by atoms with Crippen molar-refractivity contribution in [1.82, 2.24) is 4.98 Å². The van der Waals surface area contributed by atoms with E-state index in [9.17, 15) is 4.39 Å². The fourth-order valence-electron chi connectivity index (χ4n) is 0.984. The van der Waals surface area contributed by atoms with Gasteiger partial charge < -0.3 is 4.74 Å². The van der Waals surface area contributed by atoms with Gasteiger partial charge in [-0.05, 0) is 0 Å².